The van der Waals surface area contributed by atoms with E-state index in [0.717, 1.165) is 12.8 Å². The third-order valence-electron chi connectivity index (χ3n) is 5.02. The Morgan fingerprint density at radius 2 is 2.23 bits per heavy atom. The lowest BCUT2D eigenvalue weighted by Crippen LogP contribution is -2.38. The van der Waals surface area contributed by atoms with Crippen LogP contribution in [0, 0.1) is 24.1 Å². The van der Waals surface area contributed by atoms with Crippen LogP contribution in [0.4, 0.5) is 14.9 Å². The second-order valence-corrected chi connectivity index (χ2v) is 6.30. The van der Waals surface area contributed by atoms with E-state index in [0.29, 0.717) is 18.5 Å². The van der Waals surface area contributed by atoms with Gasteiger partial charge in [-0.1, -0.05) is 18.6 Å². The van der Waals surface area contributed by atoms with Crippen molar-refractivity contribution in [2.75, 3.05) is 18.4 Å². The summed E-state index contributed by atoms with van der Waals surface area (Å²) < 4.78 is 14.0. The zero-order valence-corrected chi connectivity index (χ0v) is 12.4. The highest BCUT2D eigenvalue weighted by Crippen LogP contribution is 2.48. The molecular formula is C16H19FN2O3. The lowest BCUT2D eigenvalue weighted by atomic mass is 9.81. The van der Waals surface area contributed by atoms with Gasteiger partial charge in [-0.3, -0.25) is 4.79 Å². The van der Waals surface area contributed by atoms with Crippen molar-refractivity contribution >= 4 is 17.7 Å². The number of carboxylic acid groups (broad SMARTS) is 1. The molecule has 0 radical (unpaired) electrons. The van der Waals surface area contributed by atoms with E-state index in [2.05, 4.69) is 5.32 Å². The van der Waals surface area contributed by atoms with Crippen molar-refractivity contribution < 1.29 is 19.1 Å². The molecule has 2 N–H and O–H groups in total. The maximum atomic E-state index is 14.0. The highest BCUT2D eigenvalue weighted by molar-refractivity contribution is 5.91. The molecule has 2 aliphatic rings. The minimum absolute atomic E-state index is 0.00175. The number of carbonyl (C=O) groups excluding carboxylic acids is 1. The number of amides is 2. The number of benzene rings is 1. The minimum atomic E-state index is -0.827. The normalized spacial score (nSPS) is 26.8. The first-order chi connectivity index (χ1) is 10.4. The number of urea groups is 1. The summed E-state index contributed by atoms with van der Waals surface area (Å²) in [5, 5.41) is 12.1. The van der Waals surface area contributed by atoms with Gasteiger partial charge in [-0.05, 0) is 37.3 Å². The van der Waals surface area contributed by atoms with E-state index in [4.69, 9.17) is 0 Å². The number of halogens is 1. The minimum Gasteiger partial charge on any atom is -0.481 e. The first-order valence-electron chi connectivity index (χ1n) is 7.48. The van der Waals surface area contributed by atoms with E-state index in [-0.39, 0.29) is 18.2 Å². The third kappa shape index (κ3) is 2.23. The van der Waals surface area contributed by atoms with Crippen LogP contribution >= 0.6 is 0 Å². The summed E-state index contributed by atoms with van der Waals surface area (Å²) in [4.78, 5) is 25.4. The van der Waals surface area contributed by atoms with Crippen LogP contribution in [0.3, 0.4) is 0 Å². The zero-order chi connectivity index (χ0) is 15.9. The van der Waals surface area contributed by atoms with E-state index in [1.165, 1.54) is 11.0 Å². The number of nitrogens with zero attached hydrogens (tertiary/aromatic N) is 1. The summed E-state index contributed by atoms with van der Waals surface area (Å²) in [5.41, 5.74) is -0.229. The predicted octanol–water partition coefficient (Wildman–Crippen LogP) is 2.85. The molecule has 1 aliphatic carbocycles. The average molecular weight is 306 g/mol. The molecule has 6 heteroatoms. The topological polar surface area (TPSA) is 69.6 Å². The first kappa shape index (κ1) is 14.8. The molecule has 3 rings (SSSR count). The fourth-order valence-corrected chi connectivity index (χ4v) is 3.73. The fraction of sp³-hybridized carbons (Fsp3) is 0.500. The largest absolute Gasteiger partial charge is 0.481 e. The van der Waals surface area contributed by atoms with Crippen molar-refractivity contribution in [3.8, 4) is 0 Å². The molecule has 1 aromatic rings. The van der Waals surface area contributed by atoms with Crippen LogP contribution in [0.15, 0.2) is 18.2 Å². The van der Waals surface area contributed by atoms with Crippen LogP contribution in [0.25, 0.3) is 0 Å². The Morgan fingerprint density at radius 3 is 2.91 bits per heavy atom. The zero-order valence-electron chi connectivity index (χ0n) is 12.4. The van der Waals surface area contributed by atoms with Gasteiger partial charge in [0.15, 0.2) is 0 Å². The quantitative estimate of drug-likeness (QED) is 0.882. The number of fused-ring (bicyclic) bond motifs is 1. The van der Waals surface area contributed by atoms with Gasteiger partial charge in [-0.25, -0.2) is 9.18 Å². The van der Waals surface area contributed by atoms with Crippen LogP contribution in [-0.4, -0.2) is 35.1 Å². The number of hydrogen-bond donors (Lipinski definition) is 2. The average Bonchev–Trinajstić information content (AvgIpc) is 3.01. The second kappa shape index (κ2) is 5.26. The third-order valence-corrected chi connectivity index (χ3v) is 5.02. The van der Waals surface area contributed by atoms with Gasteiger partial charge in [0, 0.05) is 13.1 Å². The molecule has 0 aromatic heterocycles. The summed E-state index contributed by atoms with van der Waals surface area (Å²) >= 11 is 0. The summed E-state index contributed by atoms with van der Waals surface area (Å²) in [6.07, 6.45) is 2.32. The monoisotopic (exact) mass is 306 g/mol. The molecule has 1 aromatic carbocycles. The molecule has 1 saturated heterocycles. The number of aliphatic carboxylic acids is 1. The van der Waals surface area contributed by atoms with Crippen LogP contribution in [0.5, 0.6) is 0 Å². The van der Waals surface area contributed by atoms with Crippen molar-refractivity contribution in [2.45, 2.75) is 26.2 Å². The van der Waals surface area contributed by atoms with Gasteiger partial charge in [0.25, 0.3) is 0 Å². The van der Waals surface area contributed by atoms with Gasteiger partial charge in [0.05, 0.1) is 11.1 Å². The predicted molar refractivity (Wildman–Crippen MR) is 79.1 cm³/mol. The van der Waals surface area contributed by atoms with Crippen LogP contribution < -0.4 is 5.32 Å². The van der Waals surface area contributed by atoms with Crippen molar-refractivity contribution in [2.24, 2.45) is 11.3 Å². The maximum Gasteiger partial charge on any atom is 0.321 e. The van der Waals surface area contributed by atoms with Crippen molar-refractivity contribution in [3.05, 3.63) is 29.6 Å². The van der Waals surface area contributed by atoms with Gasteiger partial charge in [0.2, 0.25) is 0 Å². The molecule has 2 atom stereocenters. The molecule has 1 aliphatic heterocycles. The molecule has 0 spiro atoms. The van der Waals surface area contributed by atoms with E-state index in [9.17, 15) is 19.1 Å². The fourth-order valence-electron chi connectivity index (χ4n) is 3.73. The van der Waals surface area contributed by atoms with Gasteiger partial charge in [-0.15, -0.1) is 0 Å². The van der Waals surface area contributed by atoms with Crippen LogP contribution in [-0.2, 0) is 4.79 Å². The Kier molecular flexibility index (Phi) is 3.54. The Labute approximate surface area is 128 Å². The van der Waals surface area contributed by atoms with E-state index >= 15 is 0 Å². The number of nitrogens with one attached hydrogen (secondary N) is 1. The number of aryl methyl sites for hydroxylation is 1. The van der Waals surface area contributed by atoms with Gasteiger partial charge >= 0.3 is 12.0 Å². The highest BCUT2D eigenvalue weighted by atomic mass is 19.1. The maximum absolute atomic E-state index is 14.0. The Balaban J connectivity index is 1.75. The number of anilines is 1. The van der Waals surface area contributed by atoms with E-state index in [1.807, 2.05) is 0 Å². The standard InChI is InChI=1S/C16H19FN2O3/c1-10-4-2-6-12(13(10)17)18-15(22)19-8-11-5-3-7-16(11,9-19)14(20)21/h2,4,6,11H,3,5,7-9H2,1H3,(H,18,22)(H,20,21)/t11-,16+/m0/s1. The molecule has 5 nitrogen and oxygen atoms in total. The number of carboxylic acids is 1. The molecule has 0 bridgehead atoms. The number of rotatable bonds is 2. The van der Waals surface area contributed by atoms with E-state index < -0.39 is 23.2 Å². The molecule has 1 saturated carbocycles. The Bertz CT molecular complexity index is 634. The number of likely N-dealkylation sites (tertiary alicyclic amines) is 1. The highest BCUT2D eigenvalue weighted by Gasteiger charge is 2.55. The molecule has 2 fully saturated rings. The van der Waals surface area contributed by atoms with Gasteiger partial charge in [-0.2, -0.15) is 0 Å². The molecule has 22 heavy (non-hydrogen) atoms. The number of hydrogen-bond acceptors (Lipinski definition) is 2. The first-order valence-corrected chi connectivity index (χ1v) is 7.48. The molecule has 2 amide bonds. The van der Waals surface area contributed by atoms with Crippen LogP contribution in [0.2, 0.25) is 0 Å². The van der Waals surface area contributed by atoms with Crippen LogP contribution in [0.1, 0.15) is 24.8 Å². The summed E-state index contributed by atoms with van der Waals surface area (Å²) in [6.45, 7) is 2.25. The van der Waals surface area contributed by atoms with Crippen molar-refractivity contribution in [1.29, 1.82) is 0 Å². The lowest BCUT2D eigenvalue weighted by molar-refractivity contribution is -0.149. The lowest BCUT2D eigenvalue weighted by Gasteiger charge is -2.23. The molecule has 0 unspecified atom stereocenters. The summed E-state index contributed by atoms with van der Waals surface area (Å²) in [7, 11) is 0. The number of carbonyl (C=O) groups is 2. The smallest absolute Gasteiger partial charge is 0.321 e. The van der Waals surface area contributed by atoms with Gasteiger partial charge in [0.1, 0.15) is 5.82 Å². The molecular weight excluding hydrogens is 287 g/mol. The van der Waals surface area contributed by atoms with Gasteiger partial charge < -0.3 is 15.3 Å². The van der Waals surface area contributed by atoms with E-state index in [1.54, 1.807) is 19.1 Å². The Morgan fingerprint density at radius 1 is 1.45 bits per heavy atom. The Hall–Kier alpha value is -2.11. The van der Waals surface area contributed by atoms with Crippen molar-refractivity contribution in [1.82, 2.24) is 4.90 Å². The molecule has 118 valence electrons. The summed E-state index contributed by atoms with van der Waals surface area (Å²) in [5.74, 6) is -1.28. The summed E-state index contributed by atoms with van der Waals surface area (Å²) in [6, 6.07) is 4.37. The van der Waals surface area contributed by atoms with Crippen molar-refractivity contribution in [3.63, 3.8) is 0 Å². The SMILES string of the molecule is Cc1cccc(NC(=O)N2C[C@@H]3CCC[C@@]3(C(=O)O)C2)c1F. The second-order valence-electron chi connectivity index (χ2n) is 6.30. The molecule has 1 heterocycles.